The maximum Gasteiger partial charge on any atom is 0.305 e. The Morgan fingerprint density at radius 1 is 1.47 bits per heavy atom. The quantitative estimate of drug-likeness (QED) is 0.528. The fourth-order valence-corrected chi connectivity index (χ4v) is 2.17. The molecule has 1 rings (SSSR count). The van der Waals surface area contributed by atoms with E-state index < -0.39 is 0 Å². The second kappa shape index (κ2) is 6.59. The molecule has 0 aromatic heterocycles. The van der Waals surface area contributed by atoms with Crippen molar-refractivity contribution in [3.8, 4) is 0 Å². The summed E-state index contributed by atoms with van der Waals surface area (Å²) < 4.78 is 4.53. The first kappa shape index (κ1) is 14.0. The predicted octanol–water partition coefficient (Wildman–Crippen LogP) is 0.588. The first-order chi connectivity index (χ1) is 8.14. The van der Waals surface area contributed by atoms with E-state index in [9.17, 15) is 9.59 Å². The van der Waals surface area contributed by atoms with Gasteiger partial charge in [0.15, 0.2) is 0 Å². The third-order valence-corrected chi connectivity index (χ3v) is 3.35. The number of hydrogen-bond donors (Lipinski definition) is 2. The second-order valence-corrected chi connectivity index (χ2v) is 4.40. The van der Waals surface area contributed by atoms with Crippen molar-refractivity contribution in [3.63, 3.8) is 0 Å². The summed E-state index contributed by atoms with van der Waals surface area (Å²) in [7, 11) is 1.37. The van der Waals surface area contributed by atoms with Gasteiger partial charge in [0.25, 0.3) is 0 Å². The van der Waals surface area contributed by atoms with Crippen molar-refractivity contribution < 1.29 is 14.3 Å². The molecule has 0 aliphatic carbocycles. The van der Waals surface area contributed by atoms with E-state index in [0.717, 1.165) is 25.8 Å². The molecule has 0 bridgehead atoms. The molecule has 1 aliphatic heterocycles. The molecule has 0 radical (unpaired) electrons. The molecule has 1 amide bonds. The molecule has 5 heteroatoms. The Morgan fingerprint density at radius 3 is 2.76 bits per heavy atom. The highest BCUT2D eigenvalue weighted by Gasteiger charge is 2.38. The van der Waals surface area contributed by atoms with Crippen LogP contribution in [0, 0.1) is 0 Å². The summed E-state index contributed by atoms with van der Waals surface area (Å²) in [5, 5.41) is 6.16. The third-order valence-electron chi connectivity index (χ3n) is 3.35. The van der Waals surface area contributed by atoms with E-state index >= 15 is 0 Å². The Hall–Kier alpha value is -1.10. The Labute approximate surface area is 102 Å². The van der Waals surface area contributed by atoms with Gasteiger partial charge in [-0.05, 0) is 32.2 Å². The van der Waals surface area contributed by atoms with Gasteiger partial charge in [-0.15, -0.1) is 0 Å². The summed E-state index contributed by atoms with van der Waals surface area (Å²) in [6, 6.07) is 0. The van der Waals surface area contributed by atoms with E-state index in [1.165, 1.54) is 7.11 Å². The Morgan fingerprint density at radius 2 is 2.24 bits per heavy atom. The lowest BCUT2D eigenvalue weighted by Gasteiger charge is -2.26. The smallest absolute Gasteiger partial charge is 0.305 e. The van der Waals surface area contributed by atoms with Crippen LogP contribution in [0.15, 0.2) is 0 Å². The molecule has 1 heterocycles. The summed E-state index contributed by atoms with van der Waals surface area (Å²) >= 11 is 0. The minimum atomic E-state index is -0.384. The highest BCUT2D eigenvalue weighted by atomic mass is 16.5. The lowest BCUT2D eigenvalue weighted by atomic mass is 9.93. The standard InChI is InChI=1S/C12H22N2O3/c1-3-12(7-5-9-14-12)11(16)13-8-4-6-10(15)17-2/h14H,3-9H2,1-2H3,(H,13,16). The van der Waals surface area contributed by atoms with Crippen molar-refractivity contribution in [1.82, 2.24) is 10.6 Å². The topological polar surface area (TPSA) is 67.4 Å². The highest BCUT2D eigenvalue weighted by molar-refractivity contribution is 5.86. The maximum absolute atomic E-state index is 12.0. The maximum atomic E-state index is 12.0. The lowest BCUT2D eigenvalue weighted by molar-refractivity contribution is -0.140. The van der Waals surface area contributed by atoms with Gasteiger partial charge >= 0.3 is 5.97 Å². The normalized spacial score (nSPS) is 23.4. The molecule has 1 saturated heterocycles. The number of hydrogen-bond acceptors (Lipinski definition) is 4. The second-order valence-electron chi connectivity index (χ2n) is 4.40. The number of amides is 1. The van der Waals surface area contributed by atoms with Gasteiger partial charge < -0.3 is 15.4 Å². The molecular formula is C12H22N2O3. The van der Waals surface area contributed by atoms with Gasteiger partial charge in [0.1, 0.15) is 0 Å². The fraction of sp³-hybridized carbons (Fsp3) is 0.833. The molecule has 98 valence electrons. The van der Waals surface area contributed by atoms with E-state index in [0.29, 0.717) is 19.4 Å². The van der Waals surface area contributed by atoms with Gasteiger partial charge in [-0.1, -0.05) is 6.92 Å². The molecule has 1 fully saturated rings. The summed E-state index contributed by atoms with van der Waals surface area (Å²) in [5.74, 6) is -0.175. The fourth-order valence-electron chi connectivity index (χ4n) is 2.17. The highest BCUT2D eigenvalue weighted by Crippen LogP contribution is 2.22. The Bertz CT molecular complexity index is 273. The lowest BCUT2D eigenvalue weighted by Crippen LogP contribution is -2.53. The predicted molar refractivity (Wildman–Crippen MR) is 64.5 cm³/mol. The van der Waals surface area contributed by atoms with E-state index in [1.807, 2.05) is 6.92 Å². The van der Waals surface area contributed by atoms with E-state index in [4.69, 9.17) is 0 Å². The summed E-state index contributed by atoms with van der Waals surface area (Å²) in [5.41, 5.74) is -0.384. The number of carbonyl (C=O) groups excluding carboxylic acids is 2. The van der Waals surface area contributed by atoms with E-state index in [1.54, 1.807) is 0 Å². The zero-order valence-electron chi connectivity index (χ0n) is 10.7. The summed E-state index contributed by atoms with van der Waals surface area (Å²) in [4.78, 5) is 22.9. The van der Waals surface area contributed by atoms with Crippen molar-refractivity contribution in [1.29, 1.82) is 0 Å². The molecule has 0 aromatic rings. The number of ether oxygens (including phenoxy) is 1. The van der Waals surface area contributed by atoms with Gasteiger partial charge in [-0.25, -0.2) is 0 Å². The molecule has 0 saturated carbocycles. The van der Waals surface area contributed by atoms with Gasteiger partial charge in [0.05, 0.1) is 12.6 Å². The van der Waals surface area contributed by atoms with Crippen LogP contribution in [0.4, 0.5) is 0 Å². The van der Waals surface area contributed by atoms with E-state index in [2.05, 4.69) is 15.4 Å². The first-order valence-electron chi connectivity index (χ1n) is 6.25. The van der Waals surface area contributed by atoms with Crippen molar-refractivity contribution in [2.24, 2.45) is 0 Å². The van der Waals surface area contributed by atoms with Crippen molar-refractivity contribution >= 4 is 11.9 Å². The number of esters is 1. The van der Waals surface area contributed by atoms with Crippen LogP contribution in [0.25, 0.3) is 0 Å². The molecule has 2 N–H and O–H groups in total. The minimum absolute atomic E-state index is 0.0577. The SMILES string of the molecule is CCC1(C(=O)NCCCC(=O)OC)CCCN1. The molecule has 17 heavy (non-hydrogen) atoms. The molecule has 5 nitrogen and oxygen atoms in total. The number of carbonyl (C=O) groups is 2. The van der Waals surface area contributed by atoms with Gasteiger partial charge in [-0.2, -0.15) is 0 Å². The minimum Gasteiger partial charge on any atom is -0.469 e. The molecular weight excluding hydrogens is 220 g/mol. The van der Waals surface area contributed by atoms with Crippen LogP contribution < -0.4 is 10.6 Å². The Balaban J connectivity index is 2.26. The molecule has 0 aromatic carbocycles. The van der Waals surface area contributed by atoms with Gasteiger partial charge in [-0.3, -0.25) is 9.59 Å². The number of nitrogens with one attached hydrogen (secondary N) is 2. The van der Waals surface area contributed by atoms with Crippen LogP contribution in [-0.4, -0.2) is 37.6 Å². The molecule has 1 atom stereocenters. The molecule has 0 spiro atoms. The zero-order valence-corrected chi connectivity index (χ0v) is 10.7. The van der Waals surface area contributed by atoms with Crippen molar-refractivity contribution in [2.45, 2.75) is 44.6 Å². The van der Waals surface area contributed by atoms with Gasteiger partial charge in [0, 0.05) is 13.0 Å². The monoisotopic (exact) mass is 242 g/mol. The largest absolute Gasteiger partial charge is 0.469 e. The first-order valence-corrected chi connectivity index (χ1v) is 6.25. The summed E-state index contributed by atoms with van der Waals surface area (Å²) in [6.07, 6.45) is 3.72. The van der Waals surface area contributed by atoms with Crippen LogP contribution in [0.1, 0.15) is 39.0 Å². The zero-order chi connectivity index (χ0) is 12.7. The summed E-state index contributed by atoms with van der Waals surface area (Å²) in [6.45, 7) is 3.45. The molecule has 1 unspecified atom stereocenters. The average molecular weight is 242 g/mol. The third kappa shape index (κ3) is 3.70. The van der Waals surface area contributed by atoms with Crippen molar-refractivity contribution in [3.05, 3.63) is 0 Å². The van der Waals surface area contributed by atoms with E-state index in [-0.39, 0.29) is 17.4 Å². The van der Waals surface area contributed by atoms with Crippen LogP contribution in [0.2, 0.25) is 0 Å². The van der Waals surface area contributed by atoms with Crippen LogP contribution >= 0.6 is 0 Å². The number of methoxy groups -OCH3 is 1. The van der Waals surface area contributed by atoms with Gasteiger partial charge in [0.2, 0.25) is 5.91 Å². The Kier molecular flexibility index (Phi) is 5.41. The average Bonchev–Trinajstić information content (AvgIpc) is 2.83. The molecule has 1 aliphatic rings. The van der Waals surface area contributed by atoms with Crippen LogP contribution in [-0.2, 0) is 14.3 Å². The van der Waals surface area contributed by atoms with Crippen LogP contribution in [0.5, 0.6) is 0 Å². The number of rotatable bonds is 6. The van der Waals surface area contributed by atoms with Crippen molar-refractivity contribution in [2.75, 3.05) is 20.2 Å². The van der Waals surface area contributed by atoms with Crippen LogP contribution in [0.3, 0.4) is 0 Å².